The van der Waals surface area contributed by atoms with E-state index in [-0.39, 0.29) is 5.48 Å². The summed E-state index contributed by atoms with van der Waals surface area (Å²) in [6.45, 7) is 0. The number of carbonyl (C=O) groups excluding carboxylic acids is 1. The third-order valence-corrected chi connectivity index (χ3v) is 0.553. The Kier molecular flexibility index (Phi) is 5.56. The van der Waals surface area contributed by atoms with Crippen LogP contribution in [0.5, 0.6) is 0 Å². The lowest BCUT2D eigenvalue weighted by atomic mass is 10.7. The Morgan fingerprint density at radius 3 is 2.12 bits per heavy atom. The molecule has 0 rings (SSSR count). The molecule has 0 saturated heterocycles. The number of amides is 1. The van der Waals surface area contributed by atoms with Gasteiger partial charge in [0.25, 0.3) is 5.91 Å². The van der Waals surface area contributed by atoms with Crippen molar-refractivity contribution < 1.29 is 15.5 Å². The van der Waals surface area contributed by atoms with E-state index in [9.17, 15) is 4.79 Å². The van der Waals surface area contributed by atoms with Crippen LogP contribution in [-0.4, -0.2) is 21.8 Å². The van der Waals surface area contributed by atoms with Gasteiger partial charge < -0.3 is 16.4 Å². The maximum absolute atomic E-state index is 9.73. The predicted molar refractivity (Wildman–Crippen MR) is 27.9 cm³/mol. The molecule has 48 valence electrons. The first kappa shape index (κ1) is 10.2. The van der Waals surface area contributed by atoms with Crippen LogP contribution in [0.4, 0.5) is 0 Å². The fraction of sp³-hybridized carbons (Fsp3) is 0. The molecule has 0 unspecified atom stereocenters. The topological polar surface area (TPSA) is 107 Å². The van der Waals surface area contributed by atoms with Crippen LogP contribution in [0.25, 0.3) is 0 Å². The predicted octanol–water partition coefficient (Wildman–Crippen LogP) is -1.33. The zero-order valence-corrected chi connectivity index (χ0v) is 4.51. The van der Waals surface area contributed by atoms with Crippen LogP contribution in [0.15, 0.2) is 5.16 Å². The van der Waals surface area contributed by atoms with E-state index in [2.05, 4.69) is 10.9 Å². The lowest BCUT2D eigenvalue weighted by molar-refractivity contribution is -0.111. The van der Waals surface area contributed by atoms with E-state index >= 15 is 0 Å². The average molecular weight is 141 g/mol. The fourth-order valence-electron chi connectivity index (χ4n) is 0.0493. The second kappa shape index (κ2) is 4.35. The van der Waals surface area contributed by atoms with Crippen molar-refractivity contribution in [3.63, 3.8) is 0 Å². The maximum Gasteiger partial charge on any atom is 0.282 e. The van der Waals surface area contributed by atoms with Gasteiger partial charge in [0.05, 0.1) is 0 Å². The molecular weight excluding hydrogens is 135 g/mol. The molecule has 6 heteroatoms. The molecule has 0 spiro atoms. The molecule has 5 N–H and O–H groups in total. The van der Waals surface area contributed by atoms with Gasteiger partial charge in [-0.1, -0.05) is 16.8 Å². The van der Waals surface area contributed by atoms with Crippen molar-refractivity contribution in [2.45, 2.75) is 0 Å². The summed E-state index contributed by atoms with van der Waals surface area (Å²) in [5.41, 5.74) is 4.48. The molecule has 0 aliphatic heterocycles. The Morgan fingerprint density at radius 2 is 2.12 bits per heavy atom. The lowest BCUT2D eigenvalue weighted by Gasteiger charge is -1.79. The van der Waals surface area contributed by atoms with Crippen molar-refractivity contribution in [1.82, 2.24) is 0 Å². The van der Waals surface area contributed by atoms with Gasteiger partial charge in [-0.05, 0) is 0 Å². The first-order valence-electron chi connectivity index (χ1n) is 1.36. The summed E-state index contributed by atoms with van der Waals surface area (Å²) in [4.78, 5) is 9.73. The second-order valence-corrected chi connectivity index (χ2v) is 1.11. The van der Waals surface area contributed by atoms with Gasteiger partial charge in [-0.2, -0.15) is 0 Å². The van der Waals surface area contributed by atoms with Crippen LogP contribution in [0.2, 0.25) is 0 Å². The van der Waals surface area contributed by atoms with Crippen molar-refractivity contribution in [1.29, 1.82) is 0 Å². The first-order valence-corrected chi connectivity index (χ1v) is 1.73. The van der Waals surface area contributed by atoms with Crippen LogP contribution in [0.3, 0.4) is 0 Å². The number of nitrogens with two attached hydrogens (primary N) is 1. The van der Waals surface area contributed by atoms with Crippen molar-refractivity contribution in [2.75, 3.05) is 0 Å². The minimum absolute atomic E-state index is 0. The van der Waals surface area contributed by atoms with Crippen LogP contribution < -0.4 is 5.73 Å². The maximum atomic E-state index is 9.73. The van der Waals surface area contributed by atoms with Crippen molar-refractivity contribution in [3.8, 4) is 0 Å². The fourth-order valence-corrected chi connectivity index (χ4v) is 0.0493. The van der Waals surface area contributed by atoms with Crippen LogP contribution >= 0.6 is 11.6 Å². The summed E-state index contributed by atoms with van der Waals surface area (Å²) < 4.78 is 0. The van der Waals surface area contributed by atoms with Gasteiger partial charge in [-0.3, -0.25) is 4.79 Å². The lowest BCUT2D eigenvalue weighted by Crippen LogP contribution is -2.17. The van der Waals surface area contributed by atoms with Gasteiger partial charge in [0.15, 0.2) is 0 Å². The third-order valence-electron chi connectivity index (χ3n) is 0.291. The summed E-state index contributed by atoms with van der Waals surface area (Å²) in [6, 6.07) is 0. The molecule has 1 amide bonds. The SMILES string of the molecule is NC(=O)C(Cl)=NO.O. The molecular formula is C2H5ClN2O3. The first-order chi connectivity index (χ1) is 3.18. The van der Waals surface area contributed by atoms with Crippen molar-refractivity contribution in [2.24, 2.45) is 10.9 Å². The third kappa shape index (κ3) is 3.38. The summed E-state index contributed by atoms with van der Waals surface area (Å²) in [5.74, 6) is -0.941. The Labute approximate surface area is 50.0 Å². The van der Waals surface area contributed by atoms with E-state index in [0.29, 0.717) is 0 Å². The van der Waals surface area contributed by atoms with Crippen LogP contribution in [0, 0.1) is 0 Å². The Bertz CT molecular complexity index is 112. The number of primary amides is 1. The number of rotatable bonds is 1. The molecule has 0 radical (unpaired) electrons. The quantitative estimate of drug-likeness (QED) is 0.268. The molecule has 0 fully saturated rings. The number of halogens is 1. The van der Waals surface area contributed by atoms with E-state index in [1.807, 2.05) is 0 Å². The van der Waals surface area contributed by atoms with Gasteiger partial charge in [-0.25, -0.2) is 0 Å². The van der Waals surface area contributed by atoms with Crippen LogP contribution in [0.1, 0.15) is 0 Å². The highest BCUT2D eigenvalue weighted by Gasteiger charge is 1.98. The van der Waals surface area contributed by atoms with Crippen LogP contribution in [-0.2, 0) is 4.79 Å². The van der Waals surface area contributed by atoms with E-state index in [0.717, 1.165) is 0 Å². The van der Waals surface area contributed by atoms with Crippen molar-refractivity contribution in [3.05, 3.63) is 0 Å². The Balaban J connectivity index is 0. The molecule has 0 heterocycles. The number of oxime groups is 1. The van der Waals surface area contributed by atoms with Crippen molar-refractivity contribution >= 4 is 22.7 Å². The highest BCUT2D eigenvalue weighted by atomic mass is 35.5. The summed E-state index contributed by atoms with van der Waals surface area (Å²) >= 11 is 4.83. The molecule has 0 aromatic carbocycles. The Morgan fingerprint density at radius 1 is 1.75 bits per heavy atom. The molecule has 0 atom stereocenters. The molecule has 0 aromatic rings. The second-order valence-electron chi connectivity index (χ2n) is 0.755. The average Bonchev–Trinajstić information content (AvgIpc) is 1.65. The molecule has 5 nitrogen and oxygen atoms in total. The molecule has 0 aliphatic carbocycles. The largest absolute Gasteiger partial charge is 0.412 e. The van der Waals surface area contributed by atoms with Gasteiger partial charge in [0, 0.05) is 0 Å². The van der Waals surface area contributed by atoms with E-state index in [4.69, 9.17) is 16.8 Å². The molecule has 0 bridgehead atoms. The highest BCUT2D eigenvalue weighted by Crippen LogP contribution is 1.78. The summed E-state index contributed by atoms with van der Waals surface area (Å²) in [6.07, 6.45) is 0. The van der Waals surface area contributed by atoms with Gasteiger partial charge >= 0.3 is 0 Å². The minimum atomic E-state index is -0.941. The number of nitrogens with zero attached hydrogens (tertiary/aromatic N) is 1. The molecule has 0 aromatic heterocycles. The van der Waals surface area contributed by atoms with E-state index < -0.39 is 11.1 Å². The van der Waals surface area contributed by atoms with E-state index in [1.54, 1.807) is 0 Å². The highest BCUT2D eigenvalue weighted by molar-refractivity contribution is 6.82. The monoisotopic (exact) mass is 140 g/mol. The number of hydrogen-bond donors (Lipinski definition) is 2. The smallest absolute Gasteiger partial charge is 0.282 e. The molecule has 0 saturated carbocycles. The summed E-state index contributed by atoms with van der Waals surface area (Å²) in [7, 11) is 0. The van der Waals surface area contributed by atoms with Gasteiger partial charge in [0.1, 0.15) is 0 Å². The normalized spacial score (nSPS) is 9.88. The van der Waals surface area contributed by atoms with Gasteiger partial charge in [-0.15, -0.1) is 0 Å². The molecule has 8 heavy (non-hydrogen) atoms. The number of carbonyl (C=O) groups is 1. The zero-order chi connectivity index (χ0) is 5.86. The zero-order valence-electron chi connectivity index (χ0n) is 3.76. The Hall–Kier alpha value is -0.810. The number of hydrogen-bond acceptors (Lipinski definition) is 3. The van der Waals surface area contributed by atoms with E-state index in [1.165, 1.54) is 0 Å². The summed E-state index contributed by atoms with van der Waals surface area (Å²) in [5, 5.41) is 9.34. The standard InChI is InChI=1S/C2H3ClN2O2.H2O/c3-1(5-7)2(4)6;/h7H,(H2,4,6);1H2. The van der Waals surface area contributed by atoms with Gasteiger partial charge in [0.2, 0.25) is 5.17 Å². The minimum Gasteiger partial charge on any atom is -0.412 e. The molecule has 0 aliphatic rings.